The maximum Gasteiger partial charge on any atom is 0.274 e. The molecule has 1 spiro atoms. The number of ketones is 1. The van der Waals surface area contributed by atoms with Crippen molar-refractivity contribution in [3.63, 3.8) is 0 Å². The number of aromatic amines is 3. The van der Waals surface area contributed by atoms with E-state index in [9.17, 15) is 14.4 Å². The molecule has 1 saturated carbocycles. The van der Waals surface area contributed by atoms with Crippen molar-refractivity contribution in [3.05, 3.63) is 101 Å². The van der Waals surface area contributed by atoms with Crippen LogP contribution in [-0.2, 0) is 5.41 Å². The average molecular weight is 488 g/mol. The quantitative estimate of drug-likeness (QED) is 0.295. The number of anilines is 1. The Balaban J connectivity index is 1.07. The van der Waals surface area contributed by atoms with Crippen molar-refractivity contribution in [2.75, 3.05) is 11.9 Å². The number of hydrogen-bond acceptors (Lipinski definition) is 3. The lowest BCUT2D eigenvalue weighted by Crippen LogP contribution is -2.33. The standard InChI is InChI=1S/C29H21N5O3/c35-24-12-25-29(19-7-8-30-26(19)24)13-17(29)14-34(25)28(37)23-11-16-9-18(5-6-21(16)33-23)31-27(36)22-10-15-3-1-2-4-20(15)32-22/h1-12,17,30,32-33H,13-14H2,(H,31,36)/t17-,29-/m0/s1. The topological polar surface area (TPSA) is 114 Å². The molecule has 2 aliphatic carbocycles. The monoisotopic (exact) mass is 487 g/mol. The predicted molar refractivity (Wildman–Crippen MR) is 139 cm³/mol. The number of benzene rings is 2. The second-order valence-corrected chi connectivity index (χ2v) is 10.2. The van der Waals surface area contributed by atoms with Gasteiger partial charge in [-0.25, -0.2) is 0 Å². The van der Waals surface area contributed by atoms with E-state index in [1.54, 1.807) is 23.2 Å². The van der Waals surface area contributed by atoms with Gasteiger partial charge in [0.15, 0.2) is 0 Å². The highest BCUT2D eigenvalue weighted by atomic mass is 16.2. The molecule has 8 nitrogen and oxygen atoms in total. The van der Waals surface area contributed by atoms with E-state index < -0.39 is 0 Å². The van der Waals surface area contributed by atoms with Crippen LogP contribution in [0.15, 0.2) is 78.6 Å². The van der Waals surface area contributed by atoms with Crippen molar-refractivity contribution >= 4 is 45.1 Å². The number of carbonyl (C=O) groups excluding carboxylic acids is 3. The Morgan fingerprint density at radius 2 is 1.76 bits per heavy atom. The van der Waals surface area contributed by atoms with Gasteiger partial charge in [0.25, 0.3) is 11.8 Å². The lowest BCUT2D eigenvalue weighted by atomic mass is 9.85. The van der Waals surface area contributed by atoms with E-state index in [2.05, 4.69) is 20.3 Å². The van der Waals surface area contributed by atoms with Gasteiger partial charge >= 0.3 is 0 Å². The van der Waals surface area contributed by atoms with Gasteiger partial charge in [-0.15, -0.1) is 0 Å². The van der Waals surface area contributed by atoms with Crippen LogP contribution in [0.5, 0.6) is 0 Å². The number of likely N-dealkylation sites (tertiary alicyclic amines) is 1. The molecule has 2 atom stereocenters. The Labute approximate surface area is 210 Å². The molecule has 3 aliphatic rings. The number of amides is 2. The normalized spacial score (nSPS) is 21.5. The Hall–Kier alpha value is -4.85. The lowest BCUT2D eigenvalue weighted by Gasteiger charge is -2.27. The summed E-state index contributed by atoms with van der Waals surface area (Å²) in [7, 11) is 0. The van der Waals surface area contributed by atoms with Gasteiger partial charge in [-0.2, -0.15) is 0 Å². The maximum atomic E-state index is 13.6. The smallest absolute Gasteiger partial charge is 0.274 e. The molecule has 1 aliphatic heterocycles. The molecule has 37 heavy (non-hydrogen) atoms. The summed E-state index contributed by atoms with van der Waals surface area (Å²) in [5, 5.41) is 4.73. The highest BCUT2D eigenvalue weighted by molar-refractivity contribution is 6.09. The van der Waals surface area contributed by atoms with Crippen molar-refractivity contribution in [3.8, 4) is 0 Å². The third kappa shape index (κ3) is 2.75. The van der Waals surface area contributed by atoms with Crippen molar-refractivity contribution in [1.29, 1.82) is 0 Å². The molecule has 4 N–H and O–H groups in total. The number of H-pyrrole nitrogens is 3. The fraction of sp³-hybridized carbons (Fsp3) is 0.138. The fourth-order valence-electron chi connectivity index (χ4n) is 6.30. The van der Waals surface area contributed by atoms with E-state index in [1.807, 2.05) is 54.6 Å². The highest BCUT2D eigenvalue weighted by Crippen LogP contribution is 2.66. The van der Waals surface area contributed by atoms with Crippen LogP contribution in [0.2, 0.25) is 0 Å². The first-order valence-corrected chi connectivity index (χ1v) is 12.3. The van der Waals surface area contributed by atoms with E-state index in [1.165, 1.54) is 0 Å². The van der Waals surface area contributed by atoms with Crippen LogP contribution in [-0.4, -0.2) is 44.0 Å². The number of nitrogens with zero attached hydrogens (tertiary/aromatic N) is 1. The number of hydrogen-bond donors (Lipinski definition) is 4. The first kappa shape index (κ1) is 20.4. The molecule has 180 valence electrons. The zero-order valence-corrected chi connectivity index (χ0v) is 19.6. The van der Waals surface area contributed by atoms with Gasteiger partial charge in [0, 0.05) is 57.4 Å². The van der Waals surface area contributed by atoms with Gasteiger partial charge in [-0.05, 0) is 60.4 Å². The second-order valence-electron chi connectivity index (χ2n) is 10.2. The Bertz CT molecular complexity index is 1820. The Kier molecular flexibility index (Phi) is 3.79. The molecule has 2 fully saturated rings. The molecular formula is C29H21N5O3. The van der Waals surface area contributed by atoms with Crippen molar-refractivity contribution < 1.29 is 14.4 Å². The number of fused-ring (bicyclic) bond motifs is 3. The minimum absolute atomic E-state index is 0.0852. The number of para-hydroxylation sites is 1. The summed E-state index contributed by atoms with van der Waals surface area (Å²) in [6.07, 6.45) is 4.40. The summed E-state index contributed by atoms with van der Waals surface area (Å²) in [5.41, 5.74) is 5.53. The van der Waals surface area contributed by atoms with Gasteiger partial charge in [0.2, 0.25) is 5.78 Å². The molecule has 4 heterocycles. The Morgan fingerprint density at radius 3 is 2.65 bits per heavy atom. The Morgan fingerprint density at radius 1 is 0.946 bits per heavy atom. The first-order chi connectivity index (χ1) is 18.0. The van der Waals surface area contributed by atoms with Crippen molar-refractivity contribution in [2.45, 2.75) is 11.8 Å². The average Bonchev–Trinajstić information content (AvgIpc) is 3.41. The number of aromatic nitrogens is 3. The van der Waals surface area contributed by atoms with Crippen molar-refractivity contribution in [1.82, 2.24) is 19.9 Å². The summed E-state index contributed by atoms with van der Waals surface area (Å²) in [4.78, 5) is 50.3. The van der Waals surface area contributed by atoms with E-state index in [4.69, 9.17) is 0 Å². The van der Waals surface area contributed by atoms with Gasteiger partial charge in [0.05, 0.1) is 5.69 Å². The van der Waals surface area contributed by atoms with Crippen LogP contribution in [0.3, 0.4) is 0 Å². The summed E-state index contributed by atoms with van der Waals surface area (Å²) in [5.74, 6) is -0.134. The molecule has 0 radical (unpaired) electrons. The third-order valence-corrected chi connectivity index (χ3v) is 8.13. The zero-order valence-electron chi connectivity index (χ0n) is 19.6. The minimum Gasteiger partial charge on any atom is -0.358 e. The molecule has 3 aromatic heterocycles. The highest BCUT2D eigenvalue weighted by Gasteiger charge is 2.67. The number of piperidine rings is 1. The number of nitrogens with one attached hydrogen (secondary N) is 4. The minimum atomic E-state index is -0.234. The zero-order chi connectivity index (χ0) is 24.9. The second kappa shape index (κ2) is 6.88. The number of allylic oxidation sites excluding steroid dienone is 2. The van der Waals surface area contributed by atoms with E-state index in [0.717, 1.165) is 39.5 Å². The third-order valence-electron chi connectivity index (χ3n) is 8.13. The molecule has 2 amide bonds. The SMILES string of the molecule is O=C(Nc1ccc2[nH]c(C(=O)N3C[C@@H]4C[C@]45C3=CC(=O)c3[nH]ccc35)cc2c1)c1cc2ccccc2[nH]1. The predicted octanol–water partition coefficient (Wildman–Crippen LogP) is 4.72. The summed E-state index contributed by atoms with van der Waals surface area (Å²) in [6, 6.07) is 18.9. The molecule has 5 aromatic rings. The van der Waals surface area contributed by atoms with Gasteiger partial charge in [-0.3, -0.25) is 14.4 Å². The van der Waals surface area contributed by atoms with Crippen LogP contribution >= 0.6 is 0 Å². The lowest BCUT2D eigenvalue weighted by molar-refractivity contribution is 0.0806. The largest absolute Gasteiger partial charge is 0.358 e. The number of rotatable bonds is 3. The van der Waals surface area contributed by atoms with E-state index in [0.29, 0.717) is 35.2 Å². The van der Waals surface area contributed by atoms with Crippen LogP contribution in [0.25, 0.3) is 21.8 Å². The molecule has 1 saturated heterocycles. The van der Waals surface area contributed by atoms with E-state index in [-0.39, 0.29) is 23.0 Å². The number of carbonyl (C=O) groups is 3. The maximum absolute atomic E-state index is 13.6. The van der Waals surface area contributed by atoms with Crippen LogP contribution < -0.4 is 5.32 Å². The fourth-order valence-corrected chi connectivity index (χ4v) is 6.30. The van der Waals surface area contributed by atoms with Crippen LogP contribution in [0.1, 0.15) is 43.4 Å². The molecule has 8 heteroatoms. The molecule has 0 unspecified atom stereocenters. The van der Waals surface area contributed by atoms with Crippen LogP contribution in [0.4, 0.5) is 5.69 Å². The van der Waals surface area contributed by atoms with Gasteiger partial charge in [-0.1, -0.05) is 18.2 Å². The van der Waals surface area contributed by atoms with E-state index >= 15 is 0 Å². The van der Waals surface area contributed by atoms with Gasteiger partial charge in [0.1, 0.15) is 11.4 Å². The molecule has 2 aromatic carbocycles. The summed E-state index contributed by atoms with van der Waals surface area (Å²) < 4.78 is 0. The molecular weight excluding hydrogens is 466 g/mol. The summed E-state index contributed by atoms with van der Waals surface area (Å²) >= 11 is 0. The summed E-state index contributed by atoms with van der Waals surface area (Å²) in [6.45, 7) is 0.601. The van der Waals surface area contributed by atoms with Crippen LogP contribution in [0, 0.1) is 5.92 Å². The van der Waals surface area contributed by atoms with Gasteiger partial charge < -0.3 is 25.2 Å². The first-order valence-electron chi connectivity index (χ1n) is 12.3. The van der Waals surface area contributed by atoms with Crippen molar-refractivity contribution in [2.24, 2.45) is 5.92 Å². The molecule has 8 rings (SSSR count). The molecule has 0 bridgehead atoms.